The van der Waals surface area contributed by atoms with Crippen molar-refractivity contribution in [3.8, 4) is 0 Å². The number of guanidine groups is 1. The Morgan fingerprint density at radius 3 is 2.80 bits per heavy atom. The van der Waals surface area contributed by atoms with E-state index in [4.69, 9.17) is 4.42 Å². The number of nitrogens with zero attached hydrogens (tertiary/aromatic N) is 1. The number of aliphatic hydroxyl groups is 1. The molecule has 0 bridgehead atoms. The average molecular weight is 471 g/mol. The molecule has 1 atom stereocenters. The maximum absolute atomic E-state index is 10.4. The van der Waals surface area contributed by atoms with Crippen LogP contribution in [0.1, 0.15) is 23.7 Å². The third-order valence-corrected chi connectivity index (χ3v) is 4.77. The first-order valence-electron chi connectivity index (χ1n) is 7.97. The van der Waals surface area contributed by atoms with E-state index in [0.29, 0.717) is 19.0 Å². The summed E-state index contributed by atoms with van der Waals surface area (Å²) in [5.41, 5.74) is 0. The zero-order valence-corrected chi connectivity index (χ0v) is 17.1. The van der Waals surface area contributed by atoms with E-state index >= 15 is 0 Å². The summed E-state index contributed by atoms with van der Waals surface area (Å²) in [4.78, 5) is 5.41. The lowest BCUT2D eigenvalue weighted by molar-refractivity contribution is 0.184. The number of fused-ring (bicyclic) bond motifs is 1. The lowest BCUT2D eigenvalue weighted by Gasteiger charge is -2.14. The minimum atomic E-state index is -0.574. The fourth-order valence-corrected chi connectivity index (χ4v) is 3.41. The van der Waals surface area contributed by atoms with Crippen LogP contribution in [0.3, 0.4) is 0 Å². The highest BCUT2D eigenvalue weighted by atomic mass is 127. The molecule has 0 amide bonds. The Morgan fingerprint density at radius 2 is 2.08 bits per heavy atom. The number of furan rings is 1. The van der Waals surface area contributed by atoms with Crippen molar-refractivity contribution in [1.29, 1.82) is 0 Å². The molecule has 134 valence electrons. The molecule has 0 radical (unpaired) electrons. The van der Waals surface area contributed by atoms with Crippen LogP contribution in [0.25, 0.3) is 10.1 Å². The molecule has 0 saturated heterocycles. The molecule has 2 heterocycles. The van der Waals surface area contributed by atoms with Crippen molar-refractivity contribution >= 4 is 51.4 Å². The van der Waals surface area contributed by atoms with Crippen LogP contribution in [0.2, 0.25) is 0 Å². The first-order valence-corrected chi connectivity index (χ1v) is 8.79. The van der Waals surface area contributed by atoms with Crippen molar-refractivity contribution in [2.45, 2.75) is 19.6 Å². The van der Waals surface area contributed by atoms with Crippen LogP contribution >= 0.6 is 35.3 Å². The molecule has 3 N–H and O–H groups in total. The van der Waals surface area contributed by atoms with Gasteiger partial charge in [0.25, 0.3) is 0 Å². The summed E-state index contributed by atoms with van der Waals surface area (Å²) in [6.07, 6.45) is 1.06. The number of rotatable bonds is 6. The van der Waals surface area contributed by atoms with E-state index in [9.17, 15) is 5.11 Å². The van der Waals surface area contributed by atoms with Crippen LogP contribution in [0.4, 0.5) is 0 Å². The van der Waals surface area contributed by atoms with E-state index in [2.05, 4.69) is 27.8 Å². The number of thiophene rings is 1. The van der Waals surface area contributed by atoms with Crippen LogP contribution in [-0.2, 0) is 6.54 Å². The molecule has 0 aliphatic heterocycles. The maximum Gasteiger partial charge on any atom is 0.191 e. The maximum atomic E-state index is 10.4. The molecular formula is C18H22IN3O2S. The molecule has 1 aromatic carbocycles. The lowest BCUT2D eigenvalue weighted by Crippen LogP contribution is -2.39. The Hall–Kier alpha value is -1.58. The Kier molecular flexibility index (Phi) is 7.73. The van der Waals surface area contributed by atoms with Gasteiger partial charge in [0.05, 0.1) is 6.26 Å². The van der Waals surface area contributed by atoms with Gasteiger partial charge in [0.1, 0.15) is 18.4 Å². The highest BCUT2D eigenvalue weighted by Crippen LogP contribution is 2.29. The third-order valence-electron chi connectivity index (χ3n) is 3.55. The molecule has 0 aliphatic rings. The molecule has 0 aliphatic carbocycles. The first kappa shape index (κ1) is 19.7. The van der Waals surface area contributed by atoms with E-state index in [-0.39, 0.29) is 24.0 Å². The first-order chi connectivity index (χ1) is 11.8. The summed E-state index contributed by atoms with van der Waals surface area (Å²) < 4.78 is 6.47. The molecule has 3 aromatic rings. The molecular weight excluding hydrogens is 449 g/mol. The van der Waals surface area contributed by atoms with Crippen LogP contribution < -0.4 is 10.6 Å². The third kappa shape index (κ3) is 5.45. The zero-order valence-electron chi connectivity index (χ0n) is 13.9. The molecule has 0 spiro atoms. The lowest BCUT2D eigenvalue weighted by atomic mass is 10.2. The average Bonchev–Trinajstić information content (AvgIpc) is 3.26. The van der Waals surface area contributed by atoms with Crippen LogP contribution in [0.15, 0.2) is 58.1 Å². The molecule has 25 heavy (non-hydrogen) atoms. The second-order valence-electron chi connectivity index (χ2n) is 5.36. The topological polar surface area (TPSA) is 69.8 Å². The van der Waals surface area contributed by atoms with Gasteiger partial charge in [0.2, 0.25) is 0 Å². The zero-order chi connectivity index (χ0) is 16.8. The van der Waals surface area contributed by atoms with Crippen LogP contribution in [-0.4, -0.2) is 24.2 Å². The monoisotopic (exact) mass is 471 g/mol. The summed E-state index contributed by atoms with van der Waals surface area (Å²) in [7, 11) is 0. The van der Waals surface area contributed by atoms with Crippen molar-refractivity contribution in [3.05, 3.63) is 59.4 Å². The Bertz CT molecular complexity index is 769. The molecule has 0 saturated carbocycles. The SMILES string of the molecule is CCNC(=NCc1ccco1)NCC(O)c1cc2ccccc2s1.I. The molecule has 1 unspecified atom stereocenters. The minimum Gasteiger partial charge on any atom is -0.467 e. The number of aliphatic hydroxyl groups excluding tert-OH is 1. The van der Waals surface area contributed by atoms with E-state index in [1.165, 1.54) is 4.70 Å². The van der Waals surface area contributed by atoms with Crippen molar-refractivity contribution < 1.29 is 9.52 Å². The predicted octanol–water partition coefficient (Wildman–Crippen LogP) is 3.90. The van der Waals surface area contributed by atoms with Gasteiger partial charge in [0.15, 0.2) is 5.96 Å². The normalized spacial score (nSPS) is 12.6. The van der Waals surface area contributed by atoms with Crippen molar-refractivity contribution in [2.24, 2.45) is 4.99 Å². The van der Waals surface area contributed by atoms with Crippen molar-refractivity contribution in [2.75, 3.05) is 13.1 Å². The van der Waals surface area contributed by atoms with Crippen molar-refractivity contribution in [3.63, 3.8) is 0 Å². The fraction of sp³-hybridized carbons (Fsp3) is 0.278. The summed E-state index contributed by atoms with van der Waals surface area (Å²) in [6, 6.07) is 13.9. The quantitative estimate of drug-likeness (QED) is 0.290. The number of halogens is 1. The van der Waals surface area contributed by atoms with Gasteiger partial charge in [-0.2, -0.15) is 0 Å². The van der Waals surface area contributed by atoms with Gasteiger partial charge in [-0.3, -0.25) is 0 Å². The second-order valence-corrected chi connectivity index (χ2v) is 6.47. The largest absolute Gasteiger partial charge is 0.467 e. The Morgan fingerprint density at radius 1 is 1.24 bits per heavy atom. The smallest absolute Gasteiger partial charge is 0.191 e. The summed E-state index contributed by atoms with van der Waals surface area (Å²) in [6.45, 7) is 3.62. The van der Waals surface area contributed by atoms with Gasteiger partial charge in [-0.05, 0) is 36.6 Å². The number of aliphatic imine (C=N–C) groups is 1. The molecule has 2 aromatic heterocycles. The van der Waals surface area contributed by atoms with Crippen LogP contribution in [0.5, 0.6) is 0 Å². The van der Waals surface area contributed by atoms with Gasteiger partial charge in [-0.15, -0.1) is 35.3 Å². The van der Waals surface area contributed by atoms with Gasteiger partial charge in [0, 0.05) is 22.7 Å². The molecule has 3 rings (SSSR count). The molecule has 7 heteroatoms. The Balaban J connectivity index is 0.00000225. The highest BCUT2D eigenvalue weighted by molar-refractivity contribution is 14.0. The standard InChI is InChI=1S/C18H21N3O2S.HI/c1-2-19-18(20-11-14-7-5-9-23-14)21-12-15(22)17-10-13-6-3-4-8-16(13)24-17;/h3-10,15,22H,2,11-12H2,1H3,(H2,19,20,21);1H. The van der Waals surface area contributed by atoms with Crippen molar-refractivity contribution in [1.82, 2.24) is 10.6 Å². The number of nitrogens with one attached hydrogen (secondary N) is 2. The van der Waals surface area contributed by atoms with Gasteiger partial charge >= 0.3 is 0 Å². The fourth-order valence-electron chi connectivity index (χ4n) is 2.36. The number of hydrogen-bond acceptors (Lipinski definition) is 4. The van der Waals surface area contributed by atoms with E-state index in [1.54, 1.807) is 17.6 Å². The van der Waals surface area contributed by atoms with Gasteiger partial charge < -0.3 is 20.2 Å². The number of benzene rings is 1. The van der Waals surface area contributed by atoms with E-state index in [0.717, 1.165) is 22.6 Å². The molecule has 5 nitrogen and oxygen atoms in total. The van der Waals surface area contributed by atoms with Gasteiger partial charge in [-0.1, -0.05) is 18.2 Å². The summed E-state index contributed by atoms with van der Waals surface area (Å²) >= 11 is 1.62. The highest BCUT2D eigenvalue weighted by Gasteiger charge is 2.12. The number of hydrogen-bond donors (Lipinski definition) is 3. The summed E-state index contributed by atoms with van der Waals surface area (Å²) in [5.74, 6) is 1.46. The molecule has 0 fully saturated rings. The van der Waals surface area contributed by atoms with Gasteiger partial charge in [-0.25, -0.2) is 4.99 Å². The van der Waals surface area contributed by atoms with E-state index < -0.39 is 6.10 Å². The van der Waals surface area contributed by atoms with E-state index in [1.807, 2.05) is 37.3 Å². The Labute approximate surface area is 168 Å². The second kappa shape index (κ2) is 9.79. The predicted molar refractivity (Wildman–Crippen MR) is 114 cm³/mol. The minimum absolute atomic E-state index is 0. The summed E-state index contributed by atoms with van der Waals surface area (Å²) in [5, 5.41) is 17.9. The van der Waals surface area contributed by atoms with Crippen LogP contribution in [0, 0.1) is 0 Å².